The number of nitriles is 2. The van der Waals surface area contributed by atoms with Gasteiger partial charge in [-0.25, -0.2) is 9.38 Å². The highest BCUT2D eigenvalue weighted by atomic mass is 35.5. The molecule has 4 aliphatic heterocycles. The molecule has 0 spiro atoms. The van der Waals surface area contributed by atoms with Crippen LogP contribution in [0.3, 0.4) is 0 Å². The fraction of sp³-hybridized carbons (Fsp3) is 0.514. The van der Waals surface area contributed by atoms with Gasteiger partial charge in [0.25, 0.3) is 0 Å². The van der Waals surface area contributed by atoms with Crippen molar-refractivity contribution in [2.45, 2.75) is 75.2 Å². The Morgan fingerprint density at radius 2 is 2.02 bits per heavy atom. The molecule has 0 N–H and O–H groups in total. The SMILES string of the molecule is C=CC(=O)N1CCN(C2=C(C#N)C(OC[C@@]34CCCN3C[C@H](F)C4)=NC3C=C(c4cccc5c4CCCC5)C(Cl)=CC23)C[C@@H]1CC#N. The number of halogens is 2. The van der Waals surface area contributed by atoms with Gasteiger partial charge in [-0.05, 0) is 79.5 Å². The molecule has 1 aromatic rings. The van der Waals surface area contributed by atoms with Crippen molar-refractivity contribution in [2.24, 2.45) is 10.9 Å². The van der Waals surface area contributed by atoms with E-state index in [1.807, 2.05) is 6.08 Å². The molecule has 244 valence electrons. The maximum atomic E-state index is 14.6. The van der Waals surface area contributed by atoms with Crippen LogP contribution in [0.1, 0.15) is 55.2 Å². The van der Waals surface area contributed by atoms with Crippen LogP contribution in [0.4, 0.5) is 4.39 Å². The van der Waals surface area contributed by atoms with Crippen molar-refractivity contribution in [3.05, 3.63) is 76.0 Å². The summed E-state index contributed by atoms with van der Waals surface area (Å²) in [7, 11) is 0. The minimum absolute atomic E-state index is 0.152. The highest BCUT2D eigenvalue weighted by Crippen LogP contribution is 2.45. The lowest BCUT2D eigenvalue weighted by Gasteiger charge is -2.45. The minimum atomic E-state index is -0.891. The third kappa shape index (κ3) is 5.68. The van der Waals surface area contributed by atoms with Gasteiger partial charge in [0.2, 0.25) is 11.8 Å². The van der Waals surface area contributed by atoms with Crippen molar-refractivity contribution in [1.29, 1.82) is 10.5 Å². The highest BCUT2D eigenvalue weighted by molar-refractivity contribution is 6.37. The van der Waals surface area contributed by atoms with Crippen LogP contribution < -0.4 is 0 Å². The molecule has 0 radical (unpaired) electrons. The van der Waals surface area contributed by atoms with E-state index in [4.69, 9.17) is 21.3 Å². The minimum Gasteiger partial charge on any atom is -0.475 e. The van der Waals surface area contributed by atoms with Crippen molar-refractivity contribution in [3.63, 3.8) is 0 Å². The first-order chi connectivity index (χ1) is 22.9. The largest absolute Gasteiger partial charge is 0.475 e. The van der Waals surface area contributed by atoms with E-state index in [0.29, 0.717) is 43.2 Å². The number of aryl methyl sites for hydroxylation is 1. The molecule has 1 aromatic carbocycles. The Balaban J connectivity index is 1.28. The summed E-state index contributed by atoms with van der Waals surface area (Å²) in [6, 6.07) is 10.3. The van der Waals surface area contributed by atoms with Gasteiger partial charge in [0.15, 0.2) is 0 Å². The number of allylic oxidation sites excluding steroid dienone is 2. The van der Waals surface area contributed by atoms with E-state index in [9.17, 15) is 19.7 Å². The summed E-state index contributed by atoms with van der Waals surface area (Å²) in [6.45, 7) is 6.40. The molecule has 1 amide bonds. The van der Waals surface area contributed by atoms with E-state index in [2.05, 4.69) is 52.8 Å². The molecule has 8 nitrogen and oxygen atoms in total. The van der Waals surface area contributed by atoms with E-state index in [0.717, 1.165) is 55.5 Å². The van der Waals surface area contributed by atoms with Crippen LogP contribution in [0.15, 0.2) is 64.3 Å². The predicted molar refractivity (Wildman–Crippen MR) is 179 cm³/mol. The molecule has 2 aliphatic carbocycles. The maximum absolute atomic E-state index is 14.6. The van der Waals surface area contributed by atoms with Gasteiger partial charge in [-0.3, -0.25) is 9.69 Å². The monoisotopic (exact) mass is 654 g/mol. The molecule has 7 rings (SSSR count). The van der Waals surface area contributed by atoms with Gasteiger partial charge in [-0.1, -0.05) is 42.5 Å². The molecule has 0 bridgehead atoms. The molecule has 10 heteroatoms. The van der Waals surface area contributed by atoms with Gasteiger partial charge in [-0.15, -0.1) is 0 Å². The van der Waals surface area contributed by atoms with Crippen molar-refractivity contribution < 1.29 is 13.9 Å². The Morgan fingerprint density at radius 1 is 1.17 bits per heavy atom. The Kier molecular flexibility index (Phi) is 8.72. The standard InChI is InChI=1S/C37H40ClFN6O2/c1-2-34(46)45-16-15-43(22-26(45)11-13-40)35-30-17-32(38)29(28-10-5-8-24-7-3-4-9-27(24)28)18-33(30)42-36(31(35)20-41)47-23-37-12-6-14-44(37)21-25(39)19-37/h2,5,8,10,17-18,25-26,30,33H,1,3-4,6-7,9,11-12,14-16,19,21-23H2/t25-,26+,30?,33?,37+/m1/s1. The number of hydrogen-bond donors (Lipinski definition) is 0. The topological polar surface area (TPSA) is 96.0 Å². The molecule has 3 fully saturated rings. The molecule has 6 aliphatic rings. The molecule has 5 atom stereocenters. The van der Waals surface area contributed by atoms with Crippen molar-refractivity contribution >= 4 is 29.0 Å². The summed E-state index contributed by atoms with van der Waals surface area (Å²) in [5.41, 5.74) is 5.45. The highest BCUT2D eigenvalue weighted by Gasteiger charge is 2.50. The predicted octanol–water partition coefficient (Wildman–Crippen LogP) is 5.47. The van der Waals surface area contributed by atoms with Gasteiger partial charge in [0.1, 0.15) is 24.4 Å². The van der Waals surface area contributed by atoms with Crippen LogP contribution in [0.2, 0.25) is 0 Å². The van der Waals surface area contributed by atoms with Gasteiger partial charge in [-0.2, -0.15) is 10.5 Å². The zero-order valence-corrected chi connectivity index (χ0v) is 27.4. The van der Waals surface area contributed by atoms with Crippen molar-refractivity contribution in [1.82, 2.24) is 14.7 Å². The summed E-state index contributed by atoms with van der Waals surface area (Å²) in [5, 5.41) is 20.9. The number of aliphatic imine (C=N–C) groups is 1. The second kappa shape index (κ2) is 12.9. The lowest BCUT2D eigenvalue weighted by molar-refractivity contribution is -0.130. The van der Waals surface area contributed by atoms with E-state index in [1.165, 1.54) is 23.6 Å². The number of alkyl halides is 1. The average Bonchev–Trinajstić information content (AvgIpc) is 3.61. The average molecular weight is 655 g/mol. The van der Waals surface area contributed by atoms with Crippen molar-refractivity contribution in [2.75, 3.05) is 39.3 Å². The summed E-state index contributed by atoms with van der Waals surface area (Å²) in [4.78, 5) is 23.8. The molecule has 0 saturated carbocycles. The third-order valence-corrected chi connectivity index (χ3v) is 11.3. The fourth-order valence-electron chi connectivity index (χ4n) is 8.78. The molecule has 3 saturated heterocycles. The number of rotatable bonds is 6. The van der Waals surface area contributed by atoms with Crippen LogP contribution in [0.5, 0.6) is 0 Å². The number of ether oxygens (including phenoxy) is 1. The van der Waals surface area contributed by atoms with E-state index in [1.54, 1.807) is 4.90 Å². The number of hydrogen-bond acceptors (Lipinski definition) is 7. The van der Waals surface area contributed by atoms with Crippen LogP contribution in [0.25, 0.3) is 5.57 Å². The Bertz CT molecular complexity index is 1690. The molecule has 47 heavy (non-hydrogen) atoms. The van der Waals surface area contributed by atoms with E-state index in [-0.39, 0.29) is 42.8 Å². The van der Waals surface area contributed by atoms with Gasteiger partial charge in [0.05, 0.1) is 30.1 Å². The number of amides is 1. The Morgan fingerprint density at radius 3 is 2.83 bits per heavy atom. The van der Waals surface area contributed by atoms with Gasteiger partial charge < -0.3 is 14.5 Å². The molecule has 2 unspecified atom stereocenters. The maximum Gasteiger partial charge on any atom is 0.246 e. The summed E-state index contributed by atoms with van der Waals surface area (Å²) in [6.07, 6.45) is 11.3. The zero-order valence-electron chi connectivity index (χ0n) is 26.6. The number of benzene rings is 1. The number of nitrogens with zero attached hydrogens (tertiary/aromatic N) is 6. The first-order valence-electron chi connectivity index (χ1n) is 16.9. The lowest BCUT2D eigenvalue weighted by Crippen LogP contribution is -2.56. The molecular formula is C37H40ClFN6O2. The first kappa shape index (κ1) is 31.7. The number of piperazine rings is 1. The van der Waals surface area contributed by atoms with Crippen molar-refractivity contribution in [3.8, 4) is 12.1 Å². The summed E-state index contributed by atoms with van der Waals surface area (Å²) >= 11 is 7.14. The van der Waals surface area contributed by atoms with Crippen LogP contribution >= 0.6 is 11.6 Å². The molecule has 4 heterocycles. The van der Waals surface area contributed by atoms with E-state index >= 15 is 0 Å². The zero-order chi connectivity index (χ0) is 32.7. The lowest BCUT2D eigenvalue weighted by atomic mass is 9.80. The van der Waals surface area contributed by atoms with Crippen LogP contribution in [-0.4, -0.2) is 89.6 Å². The number of fused-ring (bicyclic) bond motifs is 3. The van der Waals surface area contributed by atoms with Gasteiger partial charge >= 0.3 is 0 Å². The number of dihydropyridines is 1. The smallest absolute Gasteiger partial charge is 0.246 e. The second-order valence-electron chi connectivity index (χ2n) is 13.6. The summed E-state index contributed by atoms with van der Waals surface area (Å²) < 4.78 is 21.1. The normalized spacial score (nSPS) is 30.3. The third-order valence-electron chi connectivity index (χ3n) is 11.0. The molecule has 0 aromatic heterocycles. The molecular weight excluding hydrogens is 615 g/mol. The number of carbonyl (C=O) groups excluding carboxylic acids is 1. The van der Waals surface area contributed by atoms with Crippen LogP contribution in [-0.2, 0) is 22.4 Å². The fourth-order valence-corrected chi connectivity index (χ4v) is 9.08. The number of carbonyl (C=O) groups is 1. The Hall–Kier alpha value is -3.92. The first-order valence-corrected chi connectivity index (χ1v) is 17.2. The quantitative estimate of drug-likeness (QED) is 0.378. The second-order valence-corrected chi connectivity index (χ2v) is 14.0. The van der Waals surface area contributed by atoms with Gasteiger partial charge in [0, 0.05) is 49.2 Å². The van der Waals surface area contributed by atoms with Crippen LogP contribution in [0, 0.1) is 28.6 Å². The Labute approximate surface area is 281 Å². The van der Waals surface area contributed by atoms with E-state index < -0.39 is 11.7 Å². The summed E-state index contributed by atoms with van der Waals surface area (Å²) in [5.74, 6) is -0.278.